The van der Waals surface area contributed by atoms with Crippen molar-refractivity contribution in [1.29, 1.82) is 0 Å². The Morgan fingerprint density at radius 2 is 2.24 bits per heavy atom. The molecule has 0 amide bonds. The van der Waals surface area contributed by atoms with Crippen molar-refractivity contribution in [2.24, 2.45) is 5.73 Å². The number of nitrogens with zero attached hydrogens (tertiary/aromatic N) is 1. The van der Waals surface area contributed by atoms with E-state index in [9.17, 15) is 4.79 Å². The molecule has 0 fully saturated rings. The molecule has 1 unspecified atom stereocenters. The van der Waals surface area contributed by atoms with Crippen LogP contribution in [0, 0.1) is 0 Å². The highest BCUT2D eigenvalue weighted by Crippen LogP contribution is 2.28. The first-order valence-electron chi connectivity index (χ1n) is 5.75. The van der Waals surface area contributed by atoms with Crippen LogP contribution in [0.4, 0.5) is 5.69 Å². The number of hydrogen-bond donors (Lipinski definition) is 1. The molecular weight excluding hydrogens is 216 g/mol. The van der Waals surface area contributed by atoms with Crippen molar-refractivity contribution in [2.45, 2.75) is 18.9 Å². The number of esters is 1. The van der Waals surface area contributed by atoms with Crippen LogP contribution >= 0.6 is 0 Å². The van der Waals surface area contributed by atoms with E-state index < -0.39 is 5.54 Å². The van der Waals surface area contributed by atoms with Crippen molar-refractivity contribution in [3.05, 3.63) is 29.8 Å². The highest BCUT2D eigenvalue weighted by Gasteiger charge is 2.33. The molecule has 0 spiro atoms. The number of hydrogen-bond acceptors (Lipinski definition) is 4. The molecule has 0 radical (unpaired) electrons. The van der Waals surface area contributed by atoms with E-state index in [-0.39, 0.29) is 5.97 Å². The smallest absolute Gasteiger partial charge is 0.327 e. The Hall–Kier alpha value is -1.55. The summed E-state index contributed by atoms with van der Waals surface area (Å²) in [7, 11) is 1.37. The zero-order chi connectivity index (χ0) is 12.5. The molecule has 1 aromatic carbocycles. The Balaban J connectivity index is 2.14. The highest BCUT2D eigenvalue weighted by atomic mass is 16.5. The van der Waals surface area contributed by atoms with Crippen molar-refractivity contribution in [3.63, 3.8) is 0 Å². The number of ether oxygens (including phenoxy) is 1. The minimum absolute atomic E-state index is 0.373. The number of carbonyl (C=O) groups excluding carboxylic acids is 1. The van der Waals surface area contributed by atoms with Gasteiger partial charge in [-0.2, -0.15) is 0 Å². The van der Waals surface area contributed by atoms with Gasteiger partial charge in [-0.1, -0.05) is 18.2 Å². The Bertz CT molecular complexity index is 429. The van der Waals surface area contributed by atoms with Crippen LogP contribution < -0.4 is 10.6 Å². The van der Waals surface area contributed by atoms with Crippen LogP contribution in [-0.2, 0) is 16.0 Å². The normalized spacial score (nSPS) is 17.5. The number of benzene rings is 1. The van der Waals surface area contributed by atoms with Gasteiger partial charge in [-0.25, -0.2) is 0 Å². The van der Waals surface area contributed by atoms with E-state index >= 15 is 0 Å². The number of rotatable bonds is 3. The third-order valence-corrected chi connectivity index (χ3v) is 3.15. The number of para-hydroxylation sites is 1. The molecular formula is C13H18N2O2. The average molecular weight is 234 g/mol. The largest absolute Gasteiger partial charge is 0.468 e. The van der Waals surface area contributed by atoms with Gasteiger partial charge in [-0.15, -0.1) is 0 Å². The lowest BCUT2D eigenvalue weighted by Gasteiger charge is -2.29. The molecule has 4 heteroatoms. The van der Waals surface area contributed by atoms with Crippen LogP contribution in [0.25, 0.3) is 0 Å². The molecule has 0 saturated heterocycles. The van der Waals surface area contributed by atoms with Crippen LogP contribution in [-0.4, -0.2) is 31.7 Å². The van der Waals surface area contributed by atoms with Crippen LogP contribution in [0.3, 0.4) is 0 Å². The SMILES string of the molecule is COC(=O)C(C)(N)CN1CCc2ccccc21. The fourth-order valence-corrected chi connectivity index (χ4v) is 2.27. The minimum atomic E-state index is -0.966. The first kappa shape index (κ1) is 11.9. The predicted molar refractivity (Wildman–Crippen MR) is 67.0 cm³/mol. The molecule has 1 aliphatic heterocycles. The maximum absolute atomic E-state index is 11.6. The molecule has 0 saturated carbocycles. The van der Waals surface area contributed by atoms with Crippen molar-refractivity contribution >= 4 is 11.7 Å². The van der Waals surface area contributed by atoms with Gasteiger partial charge in [0.1, 0.15) is 5.54 Å². The molecule has 0 aliphatic carbocycles. The second-order valence-electron chi connectivity index (χ2n) is 4.71. The molecule has 17 heavy (non-hydrogen) atoms. The second kappa shape index (κ2) is 4.37. The number of fused-ring (bicyclic) bond motifs is 1. The number of carbonyl (C=O) groups is 1. The summed E-state index contributed by atoms with van der Waals surface area (Å²) in [6.45, 7) is 3.10. The molecule has 4 nitrogen and oxygen atoms in total. The topological polar surface area (TPSA) is 55.6 Å². The van der Waals surface area contributed by atoms with Gasteiger partial charge in [0.05, 0.1) is 7.11 Å². The van der Waals surface area contributed by atoms with Crippen molar-refractivity contribution < 1.29 is 9.53 Å². The van der Waals surface area contributed by atoms with Crippen LogP contribution in [0.1, 0.15) is 12.5 Å². The zero-order valence-electron chi connectivity index (χ0n) is 10.3. The van der Waals surface area contributed by atoms with Gasteiger partial charge in [0.15, 0.2) is 0 Å². The van der Waals surface area contributed by atoms with Gasteiger partial charge in [-0.05, 0) is 25.0 Å². The summed E-state index contributed by atoms with van der Waals surface area (Å²) in [6.07, 6.45) is 1.01. The van der Waals surface area contributed by atoms with E-state index in [1.807, 2.05) is 12.1 Å². The first-order valence-corrected chi connectivity index (χ1v) is 5.75. The van der Waals surface area contributed by atoms with Crippen LogP contribution in [0.2, 0.25) is 0 Å². The summed E-state index contributed by atoms with van der Waals surface area (Å²) < 4.78 is 4.72. The zero-order valence-corrected chi connectivity index (χ0v) is 10.3. The molecule has 1 aliphatic rings. The van der Waals surface area contributed by atoms with Gasteiger partial charge in [0, 0.05) is 18.8 Å². The van der Waals surface area contributed by atoms with E-state index in [1.54, 1.807) is 6.92 Å². The third-order valence-electron chi connectivity index (χ3n) is 3.15. The van der Waals surface area contributed by atoms with Gasteiger partial charge in [0.2, 0.25) is 0 Å². The quantitative estimate of drug-likeness (QED) is 0.791. The molecule has 1 atom stereocenters. The lowest BCUT2D eigenvalue weighted by molar-refractivity contribution is -0.146. The lowest BCUT2D eigenvalue weighted by Crippen LogP contribution is -2.54. The summed E-state index contributed by atoms with van der Waals surface area (Å²) in [5.74, 6) is -0.373. The third kappa shape index (κ3) is 2.26. The number of anilines is 1. The van der Waals surface area contributed by atoms with Gasteiger partial charge in [-0.3, -0.25) is 4.79 Å². The lowest BCUT2D eigenvalue weighted by atomic mass is 10.0. The molecule has 92 valence electrons. The Morgan fingerprint density at radius 3 is 2.94 bits per heavy atom. The minimum Gasteiger partial charge on any atom is -0.468 e. The summed E-state index contributed by atoms with van der Waals surface area (Å²) in [5.41, 5.74) is 7.51. The second-order valence-corrected chi connectivity index (χ2v) is 4.71. The Labute approximate surface area is 101 Å². The Kier molecular flexibility index (Phi) is 3.07. The monoisotopic (exact) mass is 234 g/mol. The molecule has 2 rings (SSSR count). The fourth-order valence-electron chi connectivity index (χ4n) is 2.27. The van der Waals surface area contributed by atoms with Crippen molar-refractivity contribution in [2.75, 3.05) is 25.1 Å². The predicted octanol–water partition coefficient (Wildman–Crippen LogP) is 0.940. The number of methoxy groups -OCH3 is 1. The standard InChI is InChI=1S/C13H18N2O2/c1-13(14,12(16)17-2)9-15-8-7-10-5-3-4-6-11(10)15/h3-6H,7-9,14H2,1-2H3. The summed E-state index contributed by atoms with van der Waals surface area (Å²) >= 11 is 0. The first-order chi connectivity index (χ1) is 8.04. The summed E-state index contributed by atoms with van der Waals surface area (Å²) in [4.78, 5) is 13.7. The van der Waals surface area contributed by atoms with E-state index in [2.05, 4.69) is 17.0 Å². The summed E-state index contributed by atoms with van der Waals surface area (Å²) in [5, 5.41) is 0. The van der Waals surface area contributed by atoms with E-state index in [4.69, 9.17) is 10.5 Å². The van der Waals surface area contributed by atoms with Crippen molar-refractivity contribution in [1.82, 2.24) is 0 Å². The number of nitrogens with two attached hydrogens (primary N) is 1. The van der Waals surface area contributed by atoms with E-state index in [1.165, 1.54) is 18.4 Å². The molecule has 2 N–H and O–H groups in total. The summed E-state index contributed by atoms with van der Waals surface area (Å²) in [6, 6.07) is 8.21. The fraction of sp³-hybridized carbons (Fsp3) is 0.462. The maximum Gasteiger partial charge on any atom is 0.327 e. The highest BCUT2D eigenvalue weighted by molar-refractivity contribution is 5.81. The van der Waals surface area contributed by atoms with E-state index in [0.29, 0.717) is 6.54 Å². The average Bonchev–Trinajstić information content (AvgIpc) is 2.71. The van der Waals surface area contributed by atoms with Gasteiger partial charge >= 0.3 is 5.97 Å². The van der Waals surface area contributed by atoms with Gasteiger partial charge in [0.25, 0.3) is 0 Å². The van der Waals surface area contributed by atoms with E-state index in [0.717, 1.165) is 13.0 Å². The Morgan fingerprint density at radius 1 is 1.53 bits per heavy atom. The molecule has 1 aromatic rings. The van der Waals surface area contributed by atoms with Crippen molar-refractivity contribution in [3.8, 4) is 0 Å². The van der Waals surface area contributed by atoms with Gasteiger partial charge < -0.3 is 15.4 Å². The van der Waals surface area contributed by atoms with Crippen LogP contribution in [0.15, 0.2) is 24.3 Å². The molecule has 1 heterocycles. The molecule has 0 aromatic heterocycles. The maximum atomic E-state index is 11.6. The van der Waals surface area contributed by atoms with Crippen LogP contribution in [0.5, 0.6) is 0 Å². The molecule has 0 bridgehead atoms.